The zero-order chi connectivity index (χ0) is 15.3. The third-order valence-corrected chi connectivity index (χ3v) is 3.95. The van der Waals surface area contributed by atoms with Crippen LogP contribution in [0.2, 0.25) is 5.02 Å². The number of carbonyl (C=O) groups excluding carboxylic acids is 1. The molecule has 0 aromatic heterocycles. The number of rotatable bonds is 6. The van der Waals surface area contributed by atoms with Crippen LogP contribution in [0, 0.1) is 5.92 Å². The first kappa shape index (κ1) is 17.0. The molecule has 0 saturated carbocycles. The predicted molar refractivity (Wildman–Crippen MR) is 82.9 cm³/mol. The largest absolute Gasteiger partial charge is 0.396 e. The Morgan fingerprint density at radius 2 is 1.85 bits per heavy atom. The lowest BCUT2D eigenvalue weighted by atomic mass is 9.83. The first-order valence-electron chi connectivity index (χ1n) is 6.97. The molecule has 0 bridgehead atoms. The van der Waals surface area contributed by atoms with E-state index in [1.165, 1.54) is 0 Å². The second kappa shape index (κ2) is 7.09. The zero-order valence-corrected chi connectivity index (χ0v) is 13.4. The molecule has 1 aromatic carbocycles. The minimum Gasteiger partial charge on any atom is -0.396 e. The molecule has 20 heavy (non-hydrogen) atoms. The van der Waals surface area contributed by atoms with E-state index in [1.807, 2.05) is 39.8 Å². The number of halogens is 1. The number of amides is 1. The fraction of sp³-hybridized carbons (Fsp3) is 0.562. The Balaban J connectivity index is 2.85. The highest BCUT2D eigenvalue weighted by atomic mass is 35.5. The average molecular weight is 298 g/mol. The van der Waals surface area contributed by atoms with Crippen molar-refractivity contribution in [2.45, 2.75) is 45.6 Å². The fourth-order valence-electron chi connectivity index (χ4n) is 2.06. The van der Waals surface area contributed by atoms with Crippen molar-refractivity contribution >= 4 is 17.5 Å². The minimum atomic E-state index is -0.632. The van der Waals surface area contributed by atoms with Crippen LogP contribution >= 0.6 is 11.6 Å². The number of benzene rings is 1. The lowest BCUT2D eigenvalue weighted by Crippen LogP contribution is -2.47. The van der Waals surface area contributed by atoms with Crippen LogP contribution in [0.15, 0.2) is 24.3 Å². The molecule has 3 nitrogen and oxygen atoms in total. The smallest absolute Gasteiger partial charge is 0.230 e. The maximum Gasteiger partial charge on any atom is 0.230 e. The molecule has 1 amide bonds. The average Bonchev–Trinajstić information content (AvgIpc) is 2.38. The van der Waals surface area contributed by atoms with Gasteiger partial charge in [0.2, 0.25) is 5.91 Å². The van der Waals surface area contributed by atoms with Gasteiger partial charge < -0.3 is 10.4 Å². The van der Waals surface area contributed by atoms with Gasteiger partial charge in [-0.05, 0) is 43.9 Å². The topological polar surface area (TPSA) is 49.3 Å². The van der Waals surface area contributed by atoms with Crippen molar-refractivity contribution in [3.63, 3.8) is 0 Å². The number of aliphatic hydroxyl groups is 1. The van der Waals surface area contributed by atoms with Gasteiger partial charge in [-0.1, -0.05) is 37.6 Å². The highest BCUT2D eigenvalue weighted by Crippen LogP contribution is 2.25. The zero-order valence-electron chi connectivity index (χ0n) is 12.6. The quantitative estimate of drug-likeness (QED) is 0.847. The molecule has 0 aliphatic rings. The van der Waals surface area contributed by atoms with Crippen molar-refractivity contribution in [2.24, 2.45) is 5.92 Å². The molecule has 112 valence electrons. The molecule has 0 spiro atoms. The van der Waals surface area contributed by atoms with E-state index in [2.05, 4.69) is 5.32 Å². The molecule has 1 rings (SSSR count). The second-order valence-corrected chi connectivity index (χ2v) is 6.40. The summed E-state index contributed by atoms with van der Waals surface area (Å²) in [6.07, 6.45) is 0.570. The van der Waals surface area contributed by atoms with Gasteiger partial charge in [0.15, 0.2) is 0 Å². The number of hydrogen-bond acceptors (Lipinski definition) is 2. The lowest BCUT2D eigenvalue weighted by molar-refractivity contribution is -0.126. The highest BCUT2D eigenvalue weighted by molar-refractivity contribution is 6.30. The van der Waals surface area contributed by atoms with E-state index in [1.54, 1.807) is 12.1 Å². The summed E-state index contributed by atoms with van der Waals surface area (Å²) in [6, 6.07) is 7.31. The van der Waals surface area contributed by atoms with Gasteiger partial charge in [0, 0.05) is 17.7 Å². The summed E-state index contributed by atoms with van der Waals surface area (Å²) in [5.74, 6) is 0.249. The summed E-state index contributed by atoms with van der Waals surface area (Å²) in [5.41, 5.74) is 0.290. The van der Waals surface area contributed by atoms with Gasteiger partial charge in [0.05, 0.1) is 5.41 Å². The Kier molecular flexibility index (Phi) is 6.03. The van der Waals surface area contributed by atoms with Gasteiger partial charge in [-0.2, -0.15) is 0 Å². The molecule has 0 heterocycles. The van der Waals surface area contributed by atoms with E-state index in [4.69, 9.17) is 16.7 Å². The lowest BCUT2D eigenvalue weighted by Gasteiger charge is -2.29. The van der Waals surface area contributed by atoms with Gasteiger partial charge in [-0.15, -0.1) is 0 Å². The SMILES string of the molecule is CC(C)C(CCO)NC(=O)C(C)(C)c1ccc(Cl)cc1. The van der Waals surface area contributed by atoms with Crippen LogP contribution in [0.25, 0.3) is 0 Å². The van der Waals surface area contributed by atoms with Crippen molar-refractivity contribution in [3.8, 4) is 0 Å². The molecular weight excluding hydrogens is 274 g/mol. The Morgan fingerprint density at radius 3 is 2.30 bits per heavy atom. The van der Waals surface area contributed by atoms with Crippen molar-refractivity contribution < 1.29 is 9.90 Å². The number of carbonyl (C=O) groups is 1. The molecule has 0 aliphatic carbocycles. The van der Waals surface area contributed by atoms with Crippen LogP contribution in [-0.2, 0) is 10.2 Å². The van der Waals surface area contributed by atoms with E-state index in [-0.39, 0.29) is 24.5 Å². The Hall–Kier alpha value is -1.06. The van der Waals surface area contributed by atoms with E-state index in [9.17, 15) is 4.79 Å². The molecule has 0 saturated heterocycles. The van der Waals surface area contributed by atoms with Crippen molar-refractivity contribution in [1.82, 2.24) is 5.32 Å². The van der Waals surface area contributed by atoms with Gasteiger partial charge in [0.1, 0.15) is 0 Å². The highest BCUT2D eigenvalue weighted by Gasteiger charge is 2.31. The standard InChI is InChI=1S/C16H24ClNO2/c1-11(2)14(9-10-19)18-15(20)16(3,4)12-5-7-13(17)8-6-12/h5-8,11,14,19H,9-10H2,1-4H3,(H,18,20). The fourth-order valence-corrected chi connectivity index (χ4v) is 2.18. The number of aliphatic hydroxyl groups excluding tert-OH is 1. The third kappa shape index (κ3) is 4.22. The summed E-state index contributed by atoms with van der Waals surface area (Å²) in [4.78, 5) is 12.5. The molecule has 1 aromatic rings. The monoisotopic (exact) mass is 297 g/mol. The molecule has 4 heteroatoms. The number of nitrogens with one attached hydrogen (secondary N) is 1. The van der Waals surface area contributed by atoms with Gasteiger partial charge >= 0.3 is 0 Å². The molecule has 1 atom stereocenters. The van der Waals surface area contributed by atoms with Gasteiger partial charge in [-0.3, -0.25) is 4.79 Å². The van der Waals surface area contributed by atoms with Crippen LogP contribution in [0.1, 0.15) is 39.7 Å². The molecular formula is C16H24ClNO2. The molecule has 0 radical (unpaired) electrons. The molecule has 1 unspecified atom stereocenters. The third-order valence-electron chi connectivity index (χ3n) is 3.69. The summed E-state index contributed by atoms with van der Waals surface area (Å²) in [6.45, 7) is 7.93. The first-order valence-corrected chi connectivity index (χ1v) is 7.34. The summed E-state index contributed by atoms with van der Waals surface area (Å²) < 4.78 is 0. The molecule has 0 aliphatic heterocycles. The normalized spacial score (nSPS) is 13.3. The first-order chi connectivity index (χ1) is 9.28. The second-order valence-electron chi connectivity index (χ2n) is 5.97. The van der Waals surface area contributed by atoms with Crippen molar-refractivity contribution in [2.75, 3.05) is 6.61 Å². The maximum absolute atomic E-state index is 12.5. The van der Waals surface area contributed by atoms with Crippen LogP contribution in [-0.4, -0.2) is 23.7 Å². The Morgan fingerprint density at radius 1 is 1.30 bits per heavy atom. The maximum atomic E-state index is 12.5. The van der Waals surface area contributed by atoms with E-state index in [0.717, 1.165) is 5.56 Å². The predicted octanol–water partition coefficient (Wildman–Crippen LogP) is 3.14. The van der Waals surface area contributed by atoms with Gasteiger partial charge in [0.25, 0.3) is 0 Å². The molecule has 0 fully saturated rings. The van der Waals surface area contributed by atoms with E-state index >= 15 is 0 Å². The minimum absolute atomic E-state index is 0.0147. The Labute approximate surface area is 126 Å². The van der Waals surface area contributed by atoms with Crippen LogP contribution in [0.4, 0.5) is 0 Å². The number of hydrogen-bond donors (Lipinski definition) is 2. The summed E-state index contributed by atoms with van der Waals surface area (Å²) in [5, 5.41) is 12.8. The van der Waals surface area contributed by atoms with E-state index in [0.29, 0.717) is 11.4 Å². The molecule has 2 N–H and O–H groups in total. The van der Waals surface area contributed by atoms with Crippen LogP contribution in [0.3, 0.4) is 0 Å². The van der Waals surface area contributed by atoms with Crippen molar-refractivity contribution in [3.05, 3.63) is 34.9 Å². The summed E-state index contributed by atoms with van der Waals surface area (Å²) >= 11 is 5.88. The van der Waals surface area contributed by atoms with Crippen molar-refractivity contribution in [1.29, 1.82) is 0 Å². The van der Waals surface area contributed by atoms with Crippen LogP contribution in [0.5, 0.6) is 0 Å². The van der Waals surface area contributed by atoms with Gasteiger partial charge in [-0.25, -0.2) is 0 Å². The van der Waals surface area contributed by atoms with E-state index < -0.39 is 5.41 Å². The summed E-state index contributed by atoms with van der Waals surface area (Å²) in [7, 11) is 0. The van der Waals surface area contributed by atoms with Crippen LogP contribution < -0.4 is 5.32 Å². The Bertz CT molecular complexity index is 440.